The molecule has 0 bridgehead atoms. The highest BCUT2D eigenvalue weighted by molar-refractivity contribution is 5.62. The summed E-state index contributed by atoms with van der Waals surface area (Å²) in [6.45, 7) is 5.68. The van der Waals surface area contributed by atoms with Gasteiger partial charge < -0.3 is 15.7 Å². The normalized spacial score (nSPS) is 11.4. The van der Waals surface area contributed by atoms with Crippen molar-refractivity contribution >= 4 is 11.4 Å². The van der Waals surface area contributed by atoms with E-state index in [1.807, 2.05) is 19.9 Å². The molecule has 0 aliphatic carbocycles. The lowest BCUT2D eigenvalue weighted by atomic mass is 9.89. The average Bonchev–Trinajstić information content (AvgIpc) is 2.46. The van der Waals surface area contributed by atoms with Crippen molar-refractivity contribution in [2.75, 3.05) is 25.5 Å². The van der Waals surface area contributed by atoms with E-state index in [4.69, 9.17) is 0 Å². The minimum atomic E-state index is -0.376. The number of nitro benzene ring substituents is 1. The first-order valence-electron chi connectivity index (χ1n) is 7.16. The van der Waals surface area contributed by atoms with E-state index in [9.17, 15) is 15.2 Å². The predicted molar refractivity (Wildman–Crippen MR) is 84.5 cm³/mol. The monoisotopic (exact) mass is 295 g/mol. The number of hydrogen-bond acceptors (Lipinski definition) is 5. The Hall–Kier alpha value is -1.66. The van der Waals surface area contributed by atoms with Crippen LogP contribution < -0.4 is 10.6 Å². The van der Waals surface area contributed by atoms with Gasteiger partial charge in [0.15, 0.2) is 0 Å². The van der Waals surface area contributed by atoms with Gasteiger partial charge in [0, 0.05) is 26.3 Å². The van der Waals surface area contributed by atoms with Crippen molar-refractivity contribution < 1.29 is 10.0 Å². The third-order valence-corrected chi connectivity index (χ3v) is 3.49. The number of aliphatic hydroxyl groups is 1. The molecule has 6 heteroatoms. The van der Waals surface area contributed by atoms with Gasteiger partial charge in [0.2, 0.25) is 0 Å². The zero-order valence-corrected chi connectivity index (χ0v) is 13.0. The van der Waals surface area contributed by atoms with Gasteiger partial charge in [-0.2, -0.15) is 0 Å². The molecule has 0 saturated carbocycles. The van der Waals surface area contributed by atoms with Crippen LogP contribution in [0.1, 0.15) is 32.3 Å². The molecule has 0 amide bonds. The second-order valence-electron chi connectivity index (χ2n) is 5.96. The Morgan fingerprint density at radius 2 is 2.10 bits per heavy atom. The lowest BCUT2D eigenvalue weighted by molar-refractivity contribution is -0.384. The van der Waals surface area contributed by atoms with Gasteiger partial charge in [-0.25, -0.2) is 0 Å². The summed E-state index contributed by atoms with van der Waals surface area (Å²) in [4.78, 5) is 10.6. The summed E-state index contributed by atoms with van der Waals surface area (Å²) in [5.41, 5.74) is 1.46. The predicted octanol–water partition coefficient (Wildman–Crippen LogP) is 2.52. The first kappa shape index (κ1) is 17.4. The van der Waals surface area contributed by atoms with Crippen LogP contribution in [0.2, 0.25) is 0 Å². The molecule has 0 aromatic heterocycles. The van der Waals surface area contributed by atoms with Crippen LogP contribution in [0.3, 0.4) is 0 Å². The van der Waals surface area contributed by atoms with Crippen molar-refractivity contribution in [1.82, 2.24) is 5.32 Å². The molecule has 0 fully saturated rings. The van der Waals surface area contributed by atoms with Gasteiger partial charge in [0.05, 0.1) is 4.92 Å². The van der Waals surface area contributed by atoms with Gasteiger partial charge >= 0.3 is 0 Å². The first-order chi connectivity index (χ1) is 9.89. The topological polar surface area (TPSA) is 87.4 Å². The summed E-state index contributed by atoms with van der Waals surface area (Å²) in [7, 11) is 1.67. The molecule has 0 spiro atoms. The second kappa shape index (κ2) is 7.95. The van der Waals surface area contributed by atoms with E-state index in [0.717, 1.165) is 24.9 Å². The Balaban J connectivity index is 2.46. The zero-order chi connectivity index (χ0) is 15.9. The third kappa shape index (κ3) is 5.69. The van der Waals surface area contributed by atoms with Gasteiger partial charge in [-0.1, -0.05) is 19.9 Å². The maximum atomic E-state index is 11.0. The molecule has 0 unspecified atom stereocenters. The summed E-state index contributed by atoms with van der Waals surface area (Å²) in [5, 5.41) is 26.2. The van der Waals surface area contributed by atoms with Crippen LogP contribution in [-0.2, 0) is 6.54 Å². The molecule has 1 aromatic rings. The Morgan fingerprint density at radius 1 is 1.38 bits per heavy atom. The average molecular weight is 295 g/mol. The van der Waals surface area contributed by atoms with Crippen LogP contribution in [0.5, 0.6) is 0 Å². The number of nitrogens with one attached hydrogen (secondary N) is 2. The van der Waals surface area contributed by atoms with Crippen molar-refractivity contribution in [1.29, 1.82) is 0 Å². The van der Waals surface area contributed by atoms with Crippen LogP contribution in [0.25, 0.3) is 0 Å². The largest absolute Gasteiger partial charge is 0.396 e. The molecule has 6 nitrogen and oxygen atoms in total. The minimum absolute atomic E-state index is 0.0467. The highest BCUT2D eigenvalue weighted by Gasteiger charge is 2.15. The summed E-state index contributed by atoms with van der Waals surface area (Å²) < 4.78 is 0. The van der Waals surface area contributed by atoms with Crippen molar-refractivity contribution in [3.63, 3.8) is 0 Å². The molecule has 0 aliphatic heterocycles. The van der Waals surface area contributed by atoms with E-state index in [-0.39, 0.29) is 22.6 Å². The summed E-state index contributed by atoms with van der Waals surface area (Å²) >= 11 is 0. The number of aliphatic hydroxyl groups excluding tert-OH is 1. The van der Waals surface area contributed by atoms with Gasteiger partial charge in [-0.15, -0.1) is 0 Å². The van der Waals surface area contributed by atoms with Crippen LogP contribution >= 0.6 is 0 Å². The molecule has 0 heterocycles. The Bertz CT molecular complexity index is 475. The van der Waals surface area contributed by atoms with Gasteiger partial charge in [0.25, 0.3) is 5.69 Å². The molecule has 0 radical (unpaired) electrons. The molecule has 0 aliphatic rings. The van der Waals surface area contributed by atoms with Crippen molar-refractivity contribution in [3.05, 3.63) is 33.9 Å². The number of anilines is 1. The van der Waals surface area contributed by atoms with Gasteiger partial charge in [0.1, 0.15) is 5.69 Å². The van der Waals surface area contributed by atoms with Gasteiger partial charge in [-0.05, 0) is 36.4 Å². The van der Waals surface area contributed by atoms with Crippen LogP contribution in [0.15, 0.2) is 18.2 Å². The van der Waals surface area contributed by atoms with E-state index in [1.54, 1.807) is 19.2 Å². The molecule has 21 heavy (non-hydrogen) atoms. The van der Waals surface area contributed by atoms with E-state index in [0.29, 0.717) is 12.2 Å². The van der Waals surface area contributed by atoms with Gasteiger partial charge in [-0.3, -0.25) is 10.1 Å². The van der Waals surface area contributed by atoms with Crippen molar-refractivity contribution in [3.8, 4) is 0 Å². The lowest BCUT2D eigenvalue weighted by Gasteiger charge is -2.21. The highest BCUT2D eigenvalue weighted by Crippen LogP contribution is 2.25. The zero-order valence-electron chi connectivity index (χ0n) is 13.0. The first-order valence-corrected chi connectivity index (χ1v) is 7.16. The highest BCUT2D eigenvalue weighted by atomic mass is 16.6. The van der Waals surface area contributed by atoms with Crippen molar-refractivity contribution in [2.45, 2.75) is 33.2 Å². The number of hydrogen-bond donors (Lipinski definition) is 3. The second-order valence-corrected chi connectivity index (χ2v) is 5.96. The standard InChI is InChI=1S/C15H25N3O3/c1-15(2,11-19)7-4-8-17-10-12-5-6-13(16-3)14(9-12)18(20)21/h5-6,9,16-17,19H,4,7-8,10-11H2,1-3H3. The number of nitrogens with zero attached hydrogens (tertiary/aromatic N) is 1. The molecule has 1 rings (SSSR count). The Morgan fingerprint density at radius 3 is 2.67 bits per heavy atom. The van der Waals surface area contributed by atoms with E-state index < -0.39 is 0 Å². The molecule has 1 aromatic carbocycles. The third-order valence-electron chi connectivity index (χ3n) is 3.49. The van der Waals surface area contributed by atoms with E-state index in [1.165, 1.54) is 0 Å². The van der Waals surface area contributed by atoms with Crippen LogP contribution in [-0.4, -0.2) is 30.2 Å². The fourth-order valence-electron chi connectivity index (χ4n) is 2.05. The summed E-state index contributed by atoms with van der Waals surface area (Å²) in [6.07, 6.45) is 1.90. The molecular formula is C15H25N3O3. The van der Waals surface area contributed by atoms with E-state index in [2.05, 4.69) is 10.6 Å². The smallest absolute Gasteiger partial charge is 0.292 e. The molecule has 0 atom stereocenters. The maximum absolute atomic E-state index is 11.0. The molecule has 118 valence electrons. The summed E-state index contributed by atoms with van der Waals surface area (Å²) in [6, 6.07) is 5.20. The molecule has 3 N–H and O–H groups in total. The van der Waals surface area contributed by atoms with Crippen LogP contribution in [0, 0.1) is 15.5 Å². The number of benzene rings is 1. The Kier molecular flexibility index (Phi) is 6.58. The SMILES string of the molecule is CNc1ccc(CNCCCC(C)(C)CO)cc1[N+](=O)[O-]. The van der Waals surface area contributed by atoms with Crippen molar-refractivity contribution in [2.24, 2.45) is 5.41 Å². The Labute approximate surface area is 125 Å². The van der Waals surface area contributed by atoms with E-state index >= 15 is 0 Å². The maximum Gasteiger partial charge on any atom is 0.292 e. The fourth-order valence-corrected chi connectivity index (χ4v) is 2.05. The molecular weight excluding hydrogens is 270 g/mol. The quantitative estimate of drug-likeness (QED) is 0.370. The number of rotatable bonds is 9. The lowest BCUT2D eigenvalue weighted by Crippen LogP contribution is -2.21. The summed E-state index contributed by atoms with van der Waals surface area (Å²) in [5.74, 6) is 0. The fraction of sp³-hybridized carbons (Fsp3) is 0.600. The number of nitro groups is 1. The molecule has 0 saturated heterocycles. The minimum Gasteiger partial charge on any atom is -0.396 e. The van der Waals surface area contributed by atoms with Crippen LogP contribution in [0.4, 0.5) is 11.4 Å².